The van der Waals surface area contributed by atoms with E-state index in [0.717, 1.165) is 37.9 Å². The van der Waals surface area contributed by atoms with Crippen molar-refractivity contribution in [3.8, 4) is 0 Å². The molecule has 0 spiro atoms. The van der Waals surface area contributed by atoms with Crippen molar-refractivity contribution in [2.45, 2.75) is 19.4 Å². The Bertz CT molecular complexity index is 916. The minimum atomic E-state index is -3.46. The minimum absolute atomic E-state index is 0.0866. The molecule has 2 aliphatic rings. The molecule has 0 atom stereocenters. The first-order valence-corrected chi connectivity index (χ1v) is 10.3. The zero-order valence-corrected chi connectivity index (χ0v) is 15.4. The predicted molar refractivity (Wildman–Crippen MR) is 100 cm³/mol. The Morgan fingerprint density at radius 3 is 2.77 bits per heavy atom. The summed E-state index contributed by atoms with van der Waals surface area (Å²) in [5.41, 5.74) is 8.22. The maximum atomic E-state index is 11.8. The van der Waals surface area contributed by atoms with Gasteiger partial charge in [-0.1, -0.05) is 0 Å². The van der Waals surface area contributed by atoms with Gasteiger partial charge in [0.05, 0.1) is 37.0 Å². The van der Waals surface area contributed by atoms with E-state index in [4.69, 9.17) is 10.8 Å². The molecule has 0 amide bonds. The highest BCUT2D eigenvalue weighted by atomic mass is 32.2. The third-order valence-electron chi connectivity index (χ3n) is 4.16. The first kappa shape index (κ1) is 18.3. The van der Waals surface area contributed by atoms with Crippen molar-refractivity contribution in [2.75, 3.05) is 31.7 Å². The van der Waals surface area contributed by atoms with Crippen LogP contribution in [-0.2, 0) is 16.6 Å². The summed E-state index contributed by atoms with van der Waals surface area (Å²) in [4.78, 5) is 4.46. The second-order valence-electron chi connectivity index (χ2n) is 6.24. The molecule has 2 heterocycles. The number of hydrogen-bond acceptors (Lipinski definition) is 6. The van der Waals surface area contributed by atoms with E-state index in [-0.39, 0.29) is 13.2 Å². The van der Waals surface area contributed by atoms with Crippen LogP contribution in [0.4, 0.5) is 11.5 Å². The van der Waals surface area contributed by atoms with Crippen molar-refractivity contribution in [3.05, 3.63) is 30.1 Å². The lowest BCUT2D eigenvalue weighted by molar-refractivity contribution is -0.504. The third kappa shape index (κ3) is 4.20. The first-order valence-electron chi connectivity index (χ1n) is 8.38. The van der Waals surface area contributed by atoms with Gasteiger partial charge in [-0.2, -0.15) is 5.10 Å². The molecule has 1 fully saturated rings. The molecule has 1 aromatic heterocycles. The van der Waals surface area contributed by atoms with Gasteiger partial charge in [0.15, 0.2) is 0 Å². The third-order valence-corrected chi connectivity index (χ3v) is 4.75. The zero-order valence-electron chi connectivity index (χ0n) is 14.6. The van der Waals surface area contributed by atoms with Crippen molar-refractivity contribution in [1.82, 2.24) is 14.5 Å². The SMILES string of the molecule is CS(=O)(=O)NC1=CC(=[N+]2CCCC2)C=C/C1=N/c1cnn(CCO)c1N. The number of aliphatic hydroxyl groups excluding tert-OH is 1. The summed E-state index contributed by atoms with van der Waals surface area (Å²) in [5.74, 6) is 0.313. The van der Waals surface area contributed by atoms with E-state index < -0.39 is 10.0 Å². The van der Waals surface area contributed by atoms with Crippen LogP contribution in [0.1, 0.15) is 12.8 Å². The second-order valence-corrected chi connectivity index (χ2v) is 7.99. The summed E-state index contributed by atoms with van der Waals surface area (Å²) >= 11 is 0. The molecule has 1 aromatic rings. The van der Waals surface area contributed by atoms with Gasteiger partial charge in [-0.05, 0) is 6.08 Å². The number of aliphatic hydroxyl groups is 1. The Morgan fingerprint density at radius 2 is 2.12 bits per heavy atom. The average molecular weight is 379 g/mol. The van der Waals surface area contributed by atoms with Gasteiger partial charge < -0.3 is 10.8 Å². The molecule has 26 heavy (non-hydrogen) atoms. The minimum Gasteiger partial charge on any atom is -0.394 e. The fourth-order valence-corrected chi connectivity index (χ4v) is 3.51. The Kier molecular flexibility index (Phi) is 5.23. The number of aromatic nitrogens is 2. The van der Waals surface area contributed by atoms with Crippen LogP contribution in [0.3, 0.4) is 0 Å². The van der Waals surface area contributed by atoms with Crippen LogP contribution < -0.4 is 10.5 Å². The zero-order chi connectivity index (χ0) is 18.7. The molecule has 3 rings (SSSR count). The topological polar surface area (TPSA) is 126 Å². The van der Waals surface area contributed by atoms with Crippen molar-refractivity contribution in [1.29, 1.82) is 0 Å². The van der Waals surface area contributed by atoms with Crippen LogP contribution >= 0.6 is 0 Å². The highest BCUT2D eigenvalue weighted by molar-refractivity contribution is 7.88. The lowest BCUT2D eigenvalue weighted by atomic mass is 10.1. The van der Waals surface area contributed by atoms with Crippen LogP contribution in [-0.4, -0.2) is 65.3 Å². The van der Waals surface area contributed by atoms with E-state index in [1.807, 2.05) is 6.08 Å². The molecular weight excluding hydrogens is 356 g/mol. The molecule has 1 saturated heterocycles. The standard InChI is InChI=1S/C16H22N6O3S/c1-26(24,25)20-14-10-12(21-6-2-3-7-21)4-5-13(14)19-15-11-18-22(8-9-23)16(15)17/h4-5,10-11,23H,2-3,6-9H2,1H3,(H2,17,18,20)/p+1. The normalized spacial score (nSPS) is 19.3. The van der Waals surface area contributed by atoms with Crippen molar-refractivity contribution in [3.63, 3.8) is 0 Å². The quantitative estimate of drug-likeness (QED) is 0.482. The number of nitrogens with two attached hydrogens (primary N) is 1. The Morgan fingerprint density at radius 1 is 1.38 bits per heavy atom. The molecule has 0 unspecified atom stereocenters. The highest BCUT2D eigenvalue weighted by Gasteiger charge is 2.22. The summed E-state index contributed by atoms with van der Waals surface area (Å²) in [6.45, 7) is 2.09. The Labute approximate surface area is 152 Å². The first-order chi connectivity index (χ1) is 12.4. The van der Waals surface area contributed by atoms with Crippen molar-refractivity contribution < 1.29 is 18.1 Å². The lowest BCUT2D eigenvalue weighted by Crippen LogP contribution is -2.29. The number of nitrogens with one attached hydrogen (secondary N) is 1. The highest BCUT2D eigenvalue weighted by Crippen LogP contribution is 2.23. The van der Waals surface area contributed by atoms with E-state index >= 15 is 0 Å². The molecule has 0 radical (unpaired) electrons. The second kappa shape index (κ2) is 7.42. The molecule has 1 aliphatic heterocycles. The summed E-state index contributed by atoms with van der Waals surface area (Å²) in [6, 6.07) is 0. The van der Waals surface area contributed by atoms with Gasteiger partial charge in [0.25, 0.3) is 0 Å². The van der Waals surface area contributed by atoms with E-state index in [2.05, 4.69) is 19.4 Å². The molecular formula is C16H23N6O3S+. The Hall–Kier alpha value is -2.46. The van der Waals surface area contributed by atoms with Crippen LogP contribution in [0, 0.1) is 0 Å². The van der Waals surface area contributed by atoms with Gasteiger partial charge in [0.2, 0.25) is 15.7 Å². The molecule has 0 aromatic carbocycles. The van der Waals surface area contributed by atoms with Crippen molar-refractivity contribution >= 4 is 33.0 Å². The van der Waals surface area contributed by atoms with Gasteiger partial charge >= 0.3 is 0 Å². The largest absolute Gasteiger partial charge is 0.394 e. The maximum Gasteiger partial charge on any atom is 0.229 e. The number of hydrogen-bond donors (Lipinski definition) is 3. The van der Waals surface area contributed by atoms with E-state index in [1.54, 1.807) is 12.2 Å². The molecule has 140 valence electrons. The molecule has 0 bridgehead atoms. The molecule has 9 nitrogen and oxygen atoms in total. The Balaban J connectivity index is 1.99. The van der Waals surface area contributed by atoms with E-state index in [9.17, 15) is 8.42 Å². The lowest BCUT2D eigenvalue weighted by Gasteiger charge is -2.13. The summed E-state index contributed by atoms with van der Waals surface area (Å²) in [7, 11) is -3.46. The van der Waals surface area contributed by atoms with Gasteiger partial charge in [-0.25, -0.2) is 22.7 Å². The van der Waals surface area contributed by atoms with Gasteiger partial charge in [0.1, 0.15) is 24.6 Å². The smallest absolute Gasteiger partial charge is 0.229 e. The van der Waals surface area contributed by atoms with Crippen LogP contribution in [0.25, 0.3) is 0 Å². The number of nitrogen functional groups attached to an aromatic ring is 1. The molecule has 1 aliphatic carbocycles. The van der Waals surface area contributed by atoms with Crippen LogP contribution in [0.5, 0.6) is 0 Å². The van der Waals surface area contributed by atoms with Crippen LogP contribution in [0.2, 0.25) is 0 Å². The molecule has 10 heteroatoms. The van der Waals surface area contributed by atoms with Gasteiger partial charge in [0, 0.05) is 25.0 Å². The fourth-order valence-electron chi connectivity index (χ4n) is 2.95. The summed E-state index contributed by atoms with van der Waals surface area (Å²) in [6.07, 6.45) is 10.3. The number of anilines is 1. The van der Waals surface area contributed by atoms with Crippen LogP contribution in [0.15, 0.2) is 35.1 Å². The summed E-state index contributed by atoms with van der Waals surface area (Å²) in [5, 5.41) is 13.1. The fraction of sp³-hybridized carbons (Fsp3) is 0.438. The number of rotatable bonds is 5. The number of nitrogens with zero attached hydrogens (tertiary/aromatic N) is 4. The number of aliphatic imine (C=N–C) groups is 1. The number of allylic oxidation sites excluding steroid dienone is 3. The molecule has 0 saturated carbocycles. The van der Waals surface area contributed by atoms with Gasteiger partial charge in [-0.3, -0.25) is 4.72 Å². The van der Waals surface area contributed by atoms with E-state index in [0.29, 0.717) is 22.9 Å². The summed E-state index contributed by atoms with van der Waals surface area (Å²) < 4.78 is 29.7. The number of sulfonamides is 1. The average Bonchev–Trinajstić information content (AvgIpc) is 3.21. The molecule has 4 N–H and O–H groups in total. The predicted octanol–water partition coefficient (Wildman–Crippen LogP) is -0.220. The van der Waals surface area contributed by atoms with Crippen molar-refractivity contribution in [2.24, 2.45) is 4.99 Å². The monoisotopic (exact) mass is 379 g/mol. The maximum absolute atomic E-state index is 11.8. The van der Waals surface area contributed by atoms with E-state index in [1.165, 1.54) is 10.9 Å². The van der Waals surface area contributed by atoms with Gasteiger partial charge in [-0.15, -0.1) is 0 Å².